The predicted molar refractivity (Wildman–Crippen MR) is 98.8 cm³/mol. The Bertz CT molecular complexity index is 911. The van der Waals surface area contributed by atoms with Gasteiger partial charge >= 0.3 is 0 Å². The summed E-state index contributed by atoms with van der Waals surface area (Å²) in [6.07, 6.45) is 5.39. The lowest BCUT2D eigenvalue weighted by Gasteiger charge is -2.25. The van der Waals surface area contributed by atoms with Crippen molar-refractivity contribution in [3.8, 4) is 0 Å². The molecule has 2 aromatic rings. The van der Waals surface area contributed by atoms with Crippen LogP contribution in [0.3, 0.4) is 0 Å². The average molecular weight is 334 g/mol. The second-order valence-corrected chi connectivity index (χ2v) is 5.84. The van der Waals surface area contributed by atoms with Gasteiger partial charge in [-0.2, -0.15) is 5.10 Å². The van der Waals surface area contributed by atoms with Gasteiger partial charge in [0, 0.05) is 6.20 Å². The lowest BCUT2D eigenvalue weighted by atomic mass is 10.0. The molecule has 0 radical (unpaired) electrons. The summed E-state index contributed by atoms with van der Waals surface area (Å²) in [6.45, 7) is 7.64. The van der Waals surface area contributed by atoms with Crippen LogP contribution in [0.1, 0.15) is 23.7 Å². The van der Waals surface area contributed by atoms with E-state index in [-0.39, 0.29) is 5.82 Å². The van der Waals surface area contributed by atoms with Crippen LogP contribution in [0.5, 0.6) is 0 Å². The third-order valence-electron chi connectivity index (χ3n) is 3.92. The molecule has 0 atom stereocenters. The van der Waals surface area contributed by atoms with Crippen LogP contribution in [0.4, 0.5) is 4.39 Å². The van der Waals surface area contributed by atoms with Crippen LogP contribution in [0.25, 0.3) is 5.57 Å². The van der Waals surface area contributed by atoms with E-state index in [0.29, 0.717) is 17.1 Å². The zero-order chi connectivity index (χ0) is 18.0. The maximum atomic E-state index is 13.5. The summed E-state index contributed by atoms with van der Waals surface area (Å²) in [4.78, 5) is 4.28. The fourth-order valence-electron chi connectivity index (χ4n) is 2.56. The Morgan fingerprint density at radius 2 is 2.04 bits per heavy atom. The summed E-state index contributed by atoms with van der Waals surface area (Å²) in [7, 11) is 0. The summed E-state index contributed by atoms with van der Waals surface area (Å²) < 4.78 is 13.5. The number of aryl methyl sites for hydroxylation is 1. The zero-order valence-corrected chi connectivity index (χ0v) is 14.2. The molecule has 0 spiro atoms. The molecular formula is C20H19FN4. The van der Waals surface area contributed by atoms with Crippen LogP contribution in [0.15, 0.2) is 77.9 Å². The monoisotopic (exact) mass is 334 g/mol. The van der Waals surface area contributed by atoms with Gasteiger partial charge in [0.25, 0.3) is 0 Å². The standard InChI is InChI=1S/C20H19FN4/c1-13-10-16(7-8-18(13)21)17-11-14(2)25(20(22)12-17)24-15(3)19-6-4-5-9-23-19/h4-12H,2,22H2,1,3H3/b24-15+. The topological polar surface area (TPSA) is 54.5 Å². The van der Waals surface area contributed by atoms with Gasteiger partial charge in [-0.15, -0.1) is 0 Å². The van der Waals surface area contributed by atoms with E-state index in [4.69, 9.17) is 5.73 Å². The van der Waals surface area contributed by atoms with Crippen LogP contribution in [0, 0.1) is 12.7 Å². The van der Waals surface area contributed by atoms with Crippen molar-refractivity contribution in [1.29, 1.82) is 0 Å². The zero-order valence-electron chi connectivity index (χ0n) is 14.2. The third-order valence-corrected chi connectivity index (χ3v) is 3.92. The minimum atomic E-state index is -0.229. The molecule has 0 amide bonds. The summed E-state index contributed by atoms with van der Waals surface area (Å²) in [5, 5.41) is 6.09. The molecule has 1 aliphatic rings. The molecule has 0 unspecified atom stereocenters. The molecule has 0 aliphatic carbocycles. The SMILES string of the molecule is C=C1C=C(c2ccc(F)c(C)c2)C=C(N)N1/N=C(\C)c1ccccn1. The van der Waals surface area contributed by atoms with E-state index in [0.717, 1.165) is 22.5 Å². The van der Waals surface area contributed by atoms with Gasteiger partial charge in [0.15, 0.2) is 0 Å². The second-order valence-electron chi connectivity index (χ2n) is 5.84. The Kier molecular flexibility index (Phi) is 4.48. The van der Waals surface area contributed by atoms with E-state index >= 15 is 0 Å². The fourth-order valence-corrected chi connectivity index (χ4v) is 2.56. The van der Waals surface area contributed by atoms with E-state index in [9.17, 15) is 4.39 Å². The molecule has 0 bridgehead atoms. The molecule has 0 saturated carbocycles. The first kappa shape index (κ1) is 16.6. The van der Waals surface area contributed by atoms with Crippen LogP contribution in [-0.2, 0) is 0 Å². The molecule has 126 valence electrons. The van der Waals surface area contributed by atoms with Crippen molar-refractivity contribution in [2.24, 2.45) is 10.8 Å². The number of aromatic nitrogens is 1. The van der Waals surface area contributed by atoms with Crippen molar-refractivity contribution in [1.82, 2.24) is 9.99 Å². The highest BCUT2D eigenvalue weighted by Gasteiger charge is 2.17. The molecule has 0 fully saturated rings. The molecule has 1 aromatic heterocycles. The van der Waals surface area contributed by atoms with Crippen LogP contribution >= 0.6 is 0 Å². The third kappa shape index (κ3) is 3.50. The van der Waals surface area contributed by atoms with Gasteiger partial charge in [0.1, 0.15) is 11.6 Å². The maximum absolute atomic E-state index is 13.5. The van der Waals surface area contributed by atoms with Crippen molar-refractivity contribution in [2.45, 2.75) is 13.8 Å². The first-order valence-corrected chi connectivity index (χ1v) is 7.87. The van der Waals surface area contributed by atoms with Crippen molar-refractivity contribution in [2.75, 3.05) is 0 Å². The van der Waals surface area contributed by atoms with Gasteiger partial charge in [0.2, 0.25) is 0 Å². The summed E-state index contributed by atoms with van der Waals surface area (Å²) in [6, 6.07) is 10.6. The molecule has 5 heteroatoms. The summed E-state index contributed by atoms with van der Waals surface area (Å²) >= 11 is 0. The lowest BCUT2D eigenvalue weighted by molar-refractivity contribution is 0.462. The molecule has 4 nitrogen and oxygen atoms in total. The summed E-state index contributed by atoms with van der Waals surface area (Å²) in [5.74, 6) is 0.216. The number of nitrogens with zero attached hydrogens (tertiary/aromatic N) is 3. The van der Waals surface area contributed by atoms with Gasteiger partial charge in [0.05, 0.1) is 17.1 Å². The first-order valence-electron chi connectivity index (χ1n) is 7.87. The average Bonchev–Trinajstić information content (AvgIpc) is 2.61. The van der Waals surface area contributed by atoms with Gasteiger partial charge in [-0.05, 0) is 67.0 Å². The number of hydrazone groups is 1. The van der Waals surface area contributed by atoms with Gasteiger partial charge in [-0.3, -0.25) is 4.98 Å². The Morgan fingerprint density at radius 1 is 1.24 bits per heavy atom. The Labute approximate surface area is 146 Å². The maximum Gasteiger partial charge on any atom is 0.126 e. The van der Waals surface area contributed by atoms with Crippen molar-refractivity contribution >= 4 is 11.3 Å². The summed E-state index contributed by atoms with van der Waals surface area (Å²) in [5.41, 5.74) is 10.6. The minimum absolute atomic E-state index is 0.229. The number of pyridine rings is 1. The molecule has 25 heavy (non-hydrogen) atoms. The van der Waals surface area contributed by atoms with E-state index in [2.05, 4.69) is 16.7 Å². The highest BCUT2D eigenvalue weighted by atomic mass is 19.1. The molecule has 2 N–H and O–H groups in total. The van der Waals surface area contributed by atoms with Gasteiger partial charge < -0.3 is 5.73 Å². The smallest absolute Gasteiger partial charge is 0.126 e. The number of rotatable bonds is 3. The van der Waals surface area contributed by atoms with E-state index < -0.39 is 0 Å². The second kappa shape index (κ2) is 6.73. The molecule has 1 aliphatic heterocycles. The quantitative estimate of drug-likeness (QED) is 0.864. The molecule has 0 saturated heterocycles. The highest BCUT2D eigenvalue weighted by Crippen LogP contribution is 2.28. The van der Waals surface area contributed by atoms with Crippen molar-refractivity contribution in [3.63, 3.8) is 0 Å². The number of nitrogens with two attached hydrogens (primary N) is 1. The first-order chi connectivity index (χ1) is 12.0. The predicted octanol–water partition coefficient (Wildman–Crippen LogP) is 3.97. The highest BCUT2D eigenvalue weighted by molar-refractivity contribution is 5.96. The van der Waals surface area contributed by atoms with E-state index in [1.807, 2.05) is 31.2 Å². The molecule has 1 aromatic carbocycles. The Hall–Kier alpha value is -3.21. The normalized spacial score (nSPS) is 15.1. The molecular weight excluding hydrogens is 315 g/mol. The fraction of sp³-hybridized carbons (Fsp3) is 0.100. The Morgan fingerprint density at radius 3 is 2.68 bits per heavy atom. The van der Waals surface area contributed by atoms with E-state index in [1.165, 1.54) is 6.07 Å². The number of hydrogen-bond acceptors (Lipinski definition) is 4. The number of halogens is 1. The van der Waals surface area contributed by atoms with E-state index in [1.54, 1.807) is 36.3 Å². The number of hydrogen-bond donors (Lipinski definition) is 1. The Balaban J connectivity index is 1.90. The van der Waals surface area contributed by atoms with Crippen LogP contribution in [0.2, 0.25) is 0 Å². The lowest BCUT2D eigenvalue weighted by Crippen LogP contribution is -2.25. The van der Waals surface area contributed by atoms with Gasteiger partial charge in [-0.25, -0.2) is 9.40 Å². The number of allylic oxidation sites excluding steroid dienone is 3. The largest absolute Gasteiger partial charge is 0.384 e. The molecule has 2 heterocycles. The van der Waals surface area contributed by atoms with Gasteiger partial charge in [-0.1, -0.05) is 18.7 Å². The van der Waals surface area contributed by atoms with Crippen LogP contribution < -0.4 is 5.73 Å². The number of benzene rings is 1. The van der Waals surface area contributed by atoms with Crippen molar-refractivity contribution < 1.29 is 4.39 Å². The minimum Gasteiger partial charge on any atom is -0.384 e. The van der Waals surface area contributed by atoms with Crippen molar-refractivity contribution in [3.05, 3.63) is 95.5 Å². The van der Waals surface area contributed by atoms with Crippen LogP contribution in [-0.4, -0.2) is 15.7 Å². The molecule has 3 rings (SSSR count).